The molecule has 1 saturated heterocycles. The summed E-state index contributed by atoms with van der Waals surface area (Å²) < 4.78 is 2.09. The average Bonchev–Trinajstić information content (AvgIpc) is 2.91. The maximum absolute atomic E-state index is 12.8. The second-order valence-electron chi connectivity index (χ2n) is 6.74. The number of aryl methyl sites for hydroxylation is 1. The lowest BCUT2D eigenvalue weighted by Gasteiger charge is -2.28. The molecular weight excluding hydrogens is 312 g/mol. The van der Waals surface area contributed by atoms with Gasteiger partial charge in [0.2, 0.25) is 0 Å². The number of carbonyl (C=O) groups is 1. The van der Waals surface area contributed by atoms with Gasteiger partial charge in [0, 0.05) is 41.3 Å². The Morgan fingerprint density at radius 2 is 1.88 bits per heavy atom. The largest absolute Gasteiger partial charge is 0.393 e. The summed E-state index contributed by atoms with van der Waals surface area (Å²) in [7, 11) is 0. The molecule has 1 aliphatic rings. The van der Waals surface area contributed by atoms with Crippen molar-refractivity contribution in [2.24, 2.45) is 0 Å². The molecule has 1 N–H and O–H groups in total. The first-order chi connectivity index (χ1) is 12.0. The molecule has 4 nitrogen and oxygen atoms in total. The molecule has 0 saturated carbocycles. The van der Waals surface area contributed by atoms with Gasteiger partial charge in [0.15, 0.2) is 5.78 Å². The molecule has 0 amide bonds. The zero-order valence-corrected chi connectivity index (χ0v) is 14.8. The molecule has 0 aliphatic carbocycles. The number of benzene rings is 1. The zero-order chi connectivity index (χ0) is 18.0. The summed E-state index contributed by atoms with van der Waals surface area (Å²) in [5.41, 5.74) is 4.60. The number of hydrogen-bond acceptors (Lipinski definition) is 3. The smallest absolute Gasteiger partial charge is 0.178 e. The molecule has 4 heteroatoms. The van der Waals surface area contributed by atoms with Gasteiger partial charge in [0.25, 0.3) is 0 Å². The van der Waals surface area contributed by atoms with E-state index in [0.717, 1.165) is 54.1 Å². The van der Waals surface area contributed by atoms with E-state index in [1.54, 1.807) is 0 Å². The Balaban J connectivity index is 1.81. The standard InChI is InChI=1S/C21H24N2O2/c1-4-17-5-7-18(8-6-17)23-15(2)13-20(16(23)3)21(25)14-22-11-9-19(24)10-12-22/h1,5-8,13,19,24H,9-12,14H2,2-3H3. The van der Waals surface area contributed by atoms with Crippen LogP contribution in [0.15, 0.2) is 30.3 Å². The maximum Gasteiger partial charge on any atom is 0.178 e. The molecule has 1 aromatic heterocycles. The molecule has 1 aromatic carbocycles. The molecule has 2 heterocycles. The number of nitrogens with zero attached hydrogens (tertiary/aromatic N) is 2. The first kappa shape index (κ1) is 17.5. The summed E-state index contributed by atoms with van der Waals surface area (Å²) >= 11 is 0. The van der Waals surface area contributed by atoms with Crippen LogP contribution < -0.4 is 0 Å². The Kier molecular flexibility index (Phi) is 5.08. The van der Waals surface area contributed by atoms with E-state index in [1.807, 2.05) is 44.2 Å². The van der Waals surface area contributed by atoms with Gasteiger partial charge in [-0.3, -0.25) is 9.69 Å². The number of terminal acetylenes is 1. The SMILES string of the molecule is C#Cc1ccc(-n2c(C)cc(C(=O)CN3CCC(O)CC3)c2C)cc1. The minimum atomic E-state index is -0.220. The zero-order valence-electron chi connectivity index (χ0n) is 14.8. The van der Waals surface area contributed by atoms with Crippen molar-refractivity contribution in [1.82, 2.24) is 9.47 Å². The third kappa shape index (κ3) is 3.68. The number of piperidine rings is 1. The van der Waals surface area contributed by atoms with Crippen LogP contribution in [0, 0.1) is 26.2 Å². The minimum absolute atomic E-state index is 0.135. The van der Waals surface area contributed by atoms with E-state index in [9.17, 15) is 9.90 Å². The summed E-state index contributed by atoms with van der Waals surface area (Å²) in [5, 5.41) is 9.60. The highest BCUT2D eigenvalue weighted by atomic mass is 16.3. The van der Waals surface area contributed by atoms with Gasteiger partial charge in [-0.15, -0.1) is 6.42 Å². The summed E-state index contributed by atoms with van der Waals surface area (Å²) in [6.45, 7) is 5.96. The van der Waals surface area contributed by atoms with Crippen molar-refractivity contribution in [3.63, 3.8) is 0 Å². The monoisotopic (exact) mass is 336 g/mol. The highest BCUT2D eigenvalue weighted by molar-refractivity contribution is 5.99. The topological polar surface area (TPSA) is 45.5 Å². The van der Waals surface area contributed by atoms with E-state index in [4.69, 9.17) is 6.42 Å². The lowest BCUT2D eigenvalue weighted by Crippen LogP contribution is -2.39. The average molecular weight is 336 g/mol. The fourth-order valence-electron chi connectivity index (χ4n) is 3.51. The van der Waals surface area contributed by atoms with Gasteiger partial charge >= 0.3 is 0 Å². The van der Waals surface area contributed by atoms with E-state index in [1.165, 1.54) is 0 Å². The number of Topliss-reactive ketones (excluding diaryl/α,β-unsaturated/α-hetero) is 1. The third-order valence-electron chi connectivity index (χ3n) is 4.95. The van der Waals surface area contributed by atoms with Crippen LogP contribution >= 0.6 is 0 Å². The number of aliphatic hydroxyl groups is 1. The molecule has 1 fully saturated rings. The first-order valence-corrected chi connectivity index (χ1v) is 8.69. The first-order valence-electron chi connectivity index (χ1n) is 8.69. The van der Waals surface area contributed by atoms with Crippen molar-refractivity contribution in [3.05, 3.63) is 52.8 Å². The molecule has 0 spiro atoms. The highest BCUT2D eigenvalue weighted by Gasteiger charge is 2.22. The summed E-state index contributed by atoms with van der Waals surface area (Å²) in [4.78, 5) is 14.9. The number of ketones is 1. The van der Waals surface area contributed by atoms with Gasteiger partial charge in [0.1, 0.15) is 0 Å². The quantitative estimate of drug-likeness (QED) is 0.690. The van der Waals surface area contributed by atoms with Crippen LogP contribution in [0.3, 0.4) is 0 Å². The molecule has 0 atom stereocenters. The Labute approximate surface area is 149 Å². The maximum atomic E-state index is 12.8. The van der Waals surface area contributed by atoms with Gasteiger partial charge < -0.3 is 9.67 Å². The molecule has 1 aliphatic heterocycles. The van der Waals surface area contributed by atoms with Crippen LogP contribution in [0.1, 0.15) is 40.2 Å². The minimum Gasteiger partial charge on any atom is -0.393 e. The third-order valence-corrected chi connectivity index (χ3v) is 4.95. The van der Waals surface area contributed by atoms with Gasteiger partial charge in [-0.2, -0.15) is 0 Å². The lowest BCUT2D eigenvalue weighted by atomic mass is 10.1. The number of aromatic nitrogens is 1. The van der Waals surface area contributed by atoms with Crippen molar-refractivity contribution in [2.45, 2.75) is 32.8 Å². The molecule has 0 unspecified atom stereocenters. The Hall–Kier alpha value is -2.35. The van der Waals surface area contributed by atoms with Crippen LogP contribution in [-0.4, -0.2) is 46.1 Å². The van der Waals surface area contributed by atoms with Crippen LogP contribution in [0.4, 0.5) is 0 Å². The van der Waals surface area contributed by atoms with Gasteiger partial charge in [-0.25, -0.2) is 0 Å². The van der Waals surface area contributed by atoms with Crippen molar-refractivity contribution in [2.75, 3.05) is 19.6 Å². The second-order valence-corrected chi connectivity index (χ2v) is 6.74. The Bertz CT molecular complexity index is 804. The van der Waals surface area contributed by atoms with Crippen LogP contribution in [-0.2, 0) is 0 Å². The molecule has 130 valence electrons. The normalized spacial score (nSPS) is 15.9. The van der Waals surface area contributed by atoms with E-state index in [-0.39, 0.29) is 11.9 Å². The molecule has 2 aromatic rings. The van der Waals surface area contributed by atoms with E-state index in [2.05, 4.69) is 15.4 Å². The van der Waals surface area contributed by atoms with E-state index >= 15 is 0 Å². The van der Waals surface area contributed by atoms with Gasteiger partial charge in [-0.05, 0) is 57.0 Å². The number of likely N-dealkylation sites (tertiary alicyclic amines) is 1. The summed E-state index contributed by atoms with van der Waals surface area (Å²) in [6.07, 6.45) is 6.69. The summed E-state index contributed by atoms with van der Waals surface area (Å²) in [6, 6.07) is 9.75. The second kappa shape index (κ2) is 7.26. The number of rotatable bonds is 4. The number of carbonyl (C=O) groups excluding carboxylic acids is 1. The van der Waals surface area contributed by atoms with Crippen molar-refractivity contribution in [3.8, 4) is 18.0 Å². The molecule has 0 bridgehead atoms. The van der Waals surface area contributed by atoms with Crippen LogP contribution in [0.5, 0.6) is 0 Å². The molecule has 0 radical (unpaired) electrons. The fourth-order valence-corrected chi connectivity index (χ4v) is 3.51. The lowest BCUT2D eigenvalue weighted by molar-refractivity contribution is 0.0710. The molecule has 3 rings (SSSR count). The predicted octanol–water partition coefficient (Wildman–Crippen LogP) is 2.71. The van der Waals surface area contributed by atoms with Gasteiger partial charge in [-0.1, -0.05) is 5.92 Å². The number of hydrogen-bond donors (Lipinski definition) is 1. The van der Waals surface area contributed by atoms with Crippen molar-refractivity contribution >= 4 is 5.78 Å². The fraction of sp³-hybridized carbons (Fsp3) is 0.381. The number of aliphatic hydroxyl groups excluding tert-OH is 1. The Morgan fingerprint density at radius 1 is 1.24 bits per heavy atom. The van der Waals surface area contributed by atoms with E-state index < -0.39 is 0 Å². The predicted molar refractivity (Wildman–Crippen MR) is 99.2 cm³/mol. The van der Waals surface area contributed by atoms with Gasteiger partial charge in [0.05, 0.1) is 12.6 Å². The molecular formula is C21H24N2O2. The van der Waals surface area contributed by atoms with E-state index in [0.29, 0.717) is 6.54 Å². The highest BCUT2D eigenvalue weighted by Crippen LogP contribution is 2.22. The Morgan fingerprint density at radius 3 is 2.48 bits per heavy atom. The van der Waals surface area contributed by atoms with Crippen molar-refractivity contribution in [1.29, 1.82) is 0 Å². The summed E-state index contributed by atoms with van der Waals surface area (Å²) in [5.74, 6) is 2.76. The van der Waals surface area contributed by atoms with Crippen molar-refractivity contribution < 1.29 is 9.90 Å². The molecule has 25 heavy (non-hydrogen) atoms. The van der Waals surface area contributed by atoms with Crippen LogP contribution in [0.25, 0.3) is 5.69 Å². The van der Waals surface area contributed by atoms with Crippen LogP contribution in [0.2, 0.25) is 0 Å².